The van der Waals surface area contributed by atoms with Crippen LogP contribution in [0, 0.1) is 5.92 Å². The van der Waals surface area contributed by atoms with Crippen LogP contribution < -0.4 is 5.32 Å². The third-order valence-corrected chi connectivity index (χ3v) is 4.24. The van der Waals surface area contributed by atoms with Crippen molar-refractivity contribution >= 4 is 23.5 Å². The predicted molar refractivity (Wildman–Crippen MR) is 83.2 cm³/mol. The van der Waals surface area contributed by atoms with Gasteiger partial charge in [0.15, 0.2) is 11.5 Å². The van der Waals surface area contributed by atoms with Crippen LogP contribution >= 0.6 is 11.6 Å². The Hall–Kier alpha value is -2.34. The molecule has 1 saturated carbocycles. The summed E-state index contributed by atoms with van der Waals surface area (Å²) in [6.07, 6.45) is 2.02. The molecule has 0 radical (unpaired) electrons. The molecule has 0 spiro atoms. The van der Waals surface area contributed by atoms with Crippen molar-refractivity contribution in [1.29, 1.82) is 0 Å². The molecule has 0 unspecified atom stereocenters. The maximum Gasteiger partial charge on any atom is 0.308 e. The van der Waals surface area contributed by atoms with Gasteiger partial charge in [0.25, 0.3) is 5.91 Å². The lowest BCUT2D eigenvalue weighted by molar-refractivity contribution is -0.142. The molecule has 1 amide bonds. The Morgan fingerprint density at radius 1 is 1.30 bits per heavy atom. The molecule has 1 aliphatic rings. The summed E-state index contributed by atoms with van der Waals surface area (Å²) in [7, 11) is 0. The van der Waals surface area contributed by atoms with E-state index in [2.05, 4.69) is 10.5 Å². The standard InChI is InChI=1S/C16H15ClN2O4/c17-10-4-1-3-9(7-10)14-8-13(19-23-14)15(20)18-12-6-2-5-11(12)16(21)22/h1,3-4,7-8,11-12H,2,5-6H2,(H,18,20)(H,21,22)/t11-,12+/m1/s1. The molecule has 1 heterocycles. The van der Waals surface area contributed by atoms with Crippen molar-refractivity contribution in [3.8, 4) is 11.3 Å². The van der Waals surface area contributed by atoms with Crippen molar-refractivity contribution in [3.05, 3.63) is 41.0 Å². The van der Waals surface area contributed by atoms with Gasteiger partial charge in [-0.3, -0.25) is 9.59 Å². The molecule has 23 heavy (non-hydrogen) atoms. The van der Waals surface area contributed by atoms with E-state index in [9.17, 15) is 9.59 Å². The number of nitrogens with zero attached hydrogens (tertiary/aromatic N) is 1. The second-order valence-corrected chi connectivity index (χ2v) is 5.98. The quantitative estimate of drug-likeness (QED) is 0.896. The summed E-state index contributed by atoms with van der Waals surface area (Å²) in [4.78, 5) is 23.4. The number of carbonyl (C=O) groups excluding carboxylic acids is 1. The second kappa shape index (κ2) is 6.42. The summed E-state index contributed by atoms with van der Waals surface area (Å²) in [6, 6.07) is 8.17. The number of carboxylic acid groups (broad SMARTS) is 1. The number of halogens is 1. The zero-order chi connectivity index (χ0) is 16.4. The van der Waals surface area contributed by atoms with Crippen molar-refractivity contribution in [3.63, 3.8) is 0 Å². The number of hydrogen-bond acceptors (Lipinski definition) is 4. The highest BCUT2D eigenvalue weighted by molar-refractivity contribution is 6.30. The lowest BCUT2D eigenvalue weighted by Crippen LogP contribution is -2.40. The van der Waals surface area contributed by atoms with Gasteiger partial charge in [-0.25, -0.2) is 0 Å². The summed E-state index contributed by atoms with van der Waals surface area (Å²) < 4.78 is 5.18. The number of carbonyl (C=O) groups is 2. The van der Waals surface area contributed by atoms with E-state index < -0.39 is 17.8 Å². The topological polar surface area (TPSA) is 92.4 Å². The molecule has 1 aliphatic carbocycles. The molecule has 2 aromatic rings. The summed E-state index contributed by atoms with van der Waals surface area (Å²) in [6.45, 7) is 0. The van der Waals surface area contributed by atoms with Crippen molar-refractivity contribution < 1.29 is 19.2 Å². The highest BCUT2D eigenvalue weighted by Crippen LogP contribution is 2.27. The Morgan fingerprint density at radius 3 is 2.87 bits per heavy atom. The van der Waals surface area contributed by atoms with Gasteiger partial charge in [0.2, 0.25) is 0 Å². The van der Waals surface area contributed by atoms with Crippen molar-refractivity contribution in [2.75, 3.05) is 0 Å². The molecular weight excluding hydrogens is 320 g/mol. The summed E-state index contributed by atoms with van der Waals surface area (Å²) in [5.74, 6) is -1.43. The number of hydrogen-bond donors (Lipinski definition) is 2. The highest BCUT2D eigenvalue weighted by atomic mass is 35.5. The molecule has 1 aromatic carbocycles. The number of carboxylic acids is 1. The Kier molecular flexibility index (Phi) is 4.34. The first-order valence-electron chi connectivity index (χ1n) is 7.31. The molecule has 0 bridgehead atoms. The molecular formula is C16H15ClN2O4. The molecule has 1 aromatic heterocycles. The number of amides is 1. The van der Waals surface area contributed by atoms with E-state index in [1.54, 1.807) is 24.3 Å². The van der Waals surface area contributed by atoms with Crippen LogP contribution in [0.25, 0.3) is 11.3 Å². The number of aromatic nitrogens is 1. The maximum atomic E-state index is 12.2. The third-order valence-electron chi connectivity index (χ3n) is 4.00. The zero-order valence-electron chi connectivity index (χ0n) is 12.2. The average molecular weight is 335 g/mol. The first-order valence-corrected chi connectivity index (χ1v) is 7.69. The Morgan fingerprint density at radius 2 is 2.13 bits per heavy atom. The van der Waals surface area contributed by atoms with E-state index >= 15 is 0 Å². The van der Waals surface area contributed by atoms with E-state index in [0.717, 1.165) is 6.42 Å². The summed E-state index contributed by atoms with van der Waals surface area (Å²) in [5, 5.41) is 16.2. The smallest absolute Gasteiger partial charge is 0.308 e. The van der Waals surface area contributed by atoms with Crippen molar-refractivity contribution in [2.45, 2.75) is 25.3 Å². The van der Waals surface area contributed by atoms with Gasteiger partial charge in [0, 0.05) is 22.7 Å². The molecule has 1 fully saturated rings. The number of rotatable bonds is 4. The van der Waals surface area contributed by atoms with Gasteiger partial charge in [-0.1, -0.05) is 35.3 Å². The zero-order valence-corrected chi connectivity index (χ0v) is 12.9. The first-order chi connectivity index (χ1) is 11.0. The average Bonchev–Trinajstić information content (AvgIpc) is 3.16. The number of aliphatic carboxylic acids is 1. The van der Waals surface area contributed by atoms with Crippen LogP contribution in [-0.4, -0.2) is 28.2 Å². The molecule has 0 aliphatic heterocycles. The maximum absolute atomic E-state index is 12.2. The minimum atomic E-state index is -0.882. The van der Waals surface area contributed by atoms with E-state index in [1.165, 1.54) is 6.07 Å². The third kappa shape index (κ3) is 3.37. The van der Waals surface area contributed by atoms with E-state index in [1.807, 2.05) is 0 Å². The Bertz CT molecular complexity index is 743. The molecule has 6 nitrogen and oxygen atoms in total. The fourth-order valence-electron chi connectivity index (χ4n) is 2.83. The first kappa shape index (κ1) is 15.6. The lowest BCUT2D eigenvalue weighted by Gasteiger charge is -2.16. The molecule has 0 saturated heterocycles. The molecule has 3 rings (SSSR count). The minimum Gasteiger partial charge on any atom is -0.481 e. The van der Waals surface area contributed by atoms with Gasteiger partial charge in [0.1, 0.15) is 0 Å². The Labute approximate surface area is 137 Å². The van der Waals surface area contributed by atoms with Crippen molar-refractivity contribution in [2.24, 2.45) is 5.92 Å². The highest BCUT2D eigenvalue weighted by Gasteiger charge is 2.34. The van der Waals surface area contributed by atoms with Crippen LogP contribution in [0.15, 0.2) is 34.9 Å². The lowest BCUT2D eigenvalue weighted by atomic mass is 10.0. The van der Waals surface area contributed by atoms with Crippen LogP contribution in [0.1, 0.15) is 29.8 Å². The van der Waals surface area contributed by atoms with Crippen molar-refractivity contribution in [1.82, 2.24) is 10.5 Å². The molecule has 7 heteroatoms. The fraction of sp³-hybridized carbons (Fsp3) is 0.312. The van der Waals surface area contributed by atoms with E-state index in [0.29, 0.717) is 29.2 Å². The SMILES string of the molecule is O=C(N[C@H]1CCC[C@H]1C(=O)O)c1cc(-c2cccc(Cl)c2)on1. The van der Waals surface area contributed by atoms with Crippen LogP contribution in [-0.2, 0) is 4.79 Å². The summed E-state index contributed by atoms with van der Waals surface area (Å²) in [5.41, 5.74) is 0.837. The molecule has 2 atom stereocenters. The van der Waals surface area contributed by atoms with Gasteiger partial charge in [-0.2, -0.15) is 0 Å². The normalized spacial score (nSPS) is 20.4. The van der Waals surface area contributed by atoms with Gasteiger partial charge < -0.3 is 14.9 Å². The Balaban J connectivity index is 1.73. The van der Waals surface area contributed by atoms with Gasteiger partial charge in [-0.05, 0) is 25.0 Å². The number of benzene rings is 1. The minimum absolute atomic E-state index is 0.121. The van der Waals surface area contributed by atoms with Crippen LogP contribution in [0.4, 0.5) is 0 Å². The fourth-order valence-corrected chi connectivity index (χ4v) is 3.02. The van der Waals surface area contributed by atoms with E-state index in [-0.39, 0.29) is 11.7 Å². The number of nitrogens with one attached hydrogen (secondary N) is 1. The van der Waals surface area contributed by atoms with Crippen LogP contribution in [0.5, 0.6) is 0 Å². The van der Waals surface area contributed by atoms with E-state index in [4.69, 9.17) is 21.2 Å². The van der Waals surface area contributed by atoms with Crippen LogP contribution in [0.2, 0.25) is 5.02 Å². The van der Waals surface area contributed by atoms with Gasteiger partial charge >= 0.3 is 5.97 Å². The largest absolute Gasteiger partial charge is 0.481 e. The van der Waals surface area contributed by atoms with Crippen LogP contribution in [0.3, 0.4) is 0 Å². The monoisotopic (exact) mass is 334 g/mol. The van der Waals surface area contributed by atoms with Gasteiger partial charge in [-0.15, -0.1) is 0 Å². The summed E-state index contributed by atoms with van der Waals surface area (Å²) >= 11 is 5.93. The second-order valence-electron chi connectivity index (χ2n) is 5.54. The molecule has 2 N–H and O–H groups in total. The predicted octanol–water partition coefficient (Wildman–Crippen LogP) is 2.98. The van der Waals surface area contributed by atoms with Gasteiger partial charge in [0.05, 0.1) is 5.92 Å². The molecule has 120 valence electrons.